The summed E-state index contributed by atoms with van der Waals surface area (Å²) in [7, 11) is -1.36. The van der Waals surface area contributed by atoms with Crippen molar-refractivity contribution in [3.8, 4) is 0 Å². The van der Waals surface area contributed by atoms with Crippen molar-refractivity contribution in [3.05, 3.63) is 0 Å². The molecule has 23 heavy (non-hydrogen) atoms. The third-order valence-corrected chi connectivity index (χ3v) is 10.5. The Balaban J connectivity index is 2.30. The molecule has 0 saturated carbocycles. The molecular formula is C21H44OSi. The minimum Gasteiger partial charge on any atom is -0.414 e. The maximum atomic E-state index is 6.91. The van der Waals surface area contributed by atoms with Gasteiger partial charge < -0.3 is 4.43 Å². The van der Waals surface area contributed by atoms with Crippen molar-refractivity contribution < 1.29 is 4.43 Å². The van der Waals surface area contributed by atoms with E-state index in [-0.39, 0.29) is 0 Å². The average Bonchev–Trinajstić information content (AvgIpc) is 2.59. The van der Waals surface area contributed by atoms with Crippen LogP contribution in [-0.4, -0.2) is 14.4 Å². The molecule has 1 fully saturated rings. The second kappa shape index (κ2) is 13.5. The Morgan fingerprint density at radius 2 is 1.26 bits per heavy atom. The Hall–Kier alpha value is 0.177. The normalized spacial score (nSPS) is 18.9. The molecule has 0 aromatic heterocycles. The van der Waals surface area contributed by atoms with Gasteiger partial charge in [0.2, 0.25) is 0 Å². The number of rotatable bonds is 14. The van der Waals surface area contributed by atoms with Crippen LogP contribution in [0.15, 0.2) is 0 Å². The van der Waals surface area contributed by atoms with Gasteiger partial charge in [0.05, 0.1) is 0 Å². The fourth-order valence-corrected chi connectivity index (χ4v) is 8.22. The quantitative estimate of drug-likeness (QED) is 0.231. The Morgan fingerprint density at radius 1 is 0.696 bits per heavy atom. The minimum atomic E-state index is -1.36. The topological polar surface area (TPSA) is 9.23 Å². The highest BCUT2D eigenvalue weighted by Gasteiger charge is 2.36. The van der Waals surface area contributed by atoms with Crippen LogP contribution in [0.25, 0.3) is 0 Å². The molecule has 0 radical (unpaired) electrons. The van der Waals surface area contributed by atoms with Crippen LogP contribution in [0.2, 0.25) is 18.1 Å². The fourth-order valence-electron chi connectivity index (χ4n) is 4.13. The summed E-state index contributed by atoms with van der Waals surface area (Å²) in [6.45, 7) is 7.02. The molecule has 0 N–H and O–H groups in total. The molecular weight excluding hydrogens is 296 g/mol. The second-order valence-corrected chi connectivity index (χ2v) is 12.2. The van der Waals surface area contributed by atoms with Gasteiger partial charge in [0, 0.05) is 6.10 Å². The molecule has 1 aliphatic rings. The Bertz CT molecular complexity index is 261. The average molecular weight is 341 g/mol. The summed E-state index contributed by atoms with van der Waals surface area (Å²) in [4.78, 5) is 0. The maximum absolute atomic E-state index is 6.91. The van der Waals surface area contributed by atoms with E-state index in [0.717, 1.165) is 0 Å². The van der Waals surface area contributed by atoms with Crippen LogP contribution in [0.3, 0.4) is 0 Å². The van der Waals surface area contributed by atoms with Gasteiger partial charge in [-0.05, 0) is 31.0 Å². The van der Waals surface area contributed by atoms with Crippen molar-refractivity contribution in [1.82, 2.24) is 0 Å². The van der Waals surface area contributed by atoms with E-state index in [2.05, 4.69) is 20.8 Å². The van der Waals surface area contributed by atoms with E-state index < -0.39 is 8.32 Å². The van der Waals surface area contributed by atoms with Crippen molar-refractivity contribution >= 4 is 8.32 Å². The Kier molecular flexibility index (Phi) is 12.4. The molecule has 1 heterocycles. The summed E-state index contributed by atoms with van der Waals surface area (Å²) in [5.41, 5.74) is 0. The molecule has 0 aromatic rings. The van der Waals surface area contributed by atoms with Gasteiger partial charge in [-0.1, -0.05) is 97.8 Å². The maximum Gasteiger partial charge on any atom is 0.192 e. The fraction of sp³-hybridized carbons (Fsp3) is 1.00. The zero-order valence-corrected chi connectivity index (χ0v) is 17.5. The molecule has 0 aliphatic carbocycles. The second-order valence-electron chi connectivity index (χ2n) is 7.89. The van der Waals surface area contributed by atoms with E-state index >= 15 is 0 Å². The van der Waals surface area contributed by atoms with Gasteiger partial charge in [-0.3, -0.25) is 0 Å². The lowest BCUT2D eigenvalue weighted by Gasteiger charge is -2.37. The van der Waals surface area contributed by atoms with Crippen LogP contribution in [-0.2, 0) is 4.43 Å². The lowest BCUT2D eigenvalue weighted by atomic mass is 10.0. The largest absolute Gasteiger partial charge is 0.414 e. The predicted octanol–water partition coefficient (Wildman–Crippen LogP) is 7.85. The van der Waals surface area contributed by atoms with E-state index in [4.69, 9.17) is 4.43 Å². The first-order valence-corrected chi connectivity index (χ1v) is 13.5. The smallest absolute Gasteiger partial charge is 0.192 e. The first-order valence-electron chi connectivity index (χ1n) is 10.9. The Morgan fingerprint density at radius 3 is 1.87 bits per heavy atom. The molecule has 0 aromatic carbocycles. The van der Waals surface area contributed by atoms with E-state index in [1.165, 1.54) is 108 Å². The van der Waals surface area contributed by atoms with E-state index in [0.29, 0.717) is 6.10 Å². The zero-order valence-electron chi connectivity index (χ0n) is 16.5. The van der Waals surface area contributed by atoms with Gasteiger partial charge in [-0.2, -0.15) is 0 Å². The predicted molar refractivity (Wildman–Crippen MR) is 107 cm³/mol. The van der Waals surface area contributed by atoms with Crippen molar-refractivity contribution in [2.75, 3.05) is 0 Å². The van der Waals surface area contributed by atoms with Crippen LogP contribution >= 0.6 is 0 Å². The van der Waals surface area contributed by atoms with Crippen molar-refractivity contribution in [1.29, 1.82) is 0 Å². The SMILES string of the molecule is CCCCCCCCCC(CCCC)O[Si]1(CC)CCCCC1. The van der Waals surface area contributed by atoms with E-state index in [1.54, 1.807) is 0 Å². The standard InChI is InChI=1S/C21H44OSi/c1-4-7-9-10-11-12-14-18-21(17-8-5-2)22-23(6-3)19-15-13-16-20-23/h21H,4-20H2,1-3H3. The number of hydrogen-bond acceptors (Lipinski definition) is 1. The molecule has 1 rings (SSSR count). The van der Waals surface area contributed by atoms with Crippen LogP contribution in [0.4, 0.5) is 0 Å². The highest BCUT2D eigenvalue weighted by Crippen LogP contribution is 2.35. The third-order valence-electron chi connectivity index (χ3n) is 5.84. The molecule has 1 unspecified atom stereocenters. The molecule has 138 valence electrons. The third kappa shape index (κ3) is 9.29. The molecule has 1 atom stereocenters. The minimum absolute atomic E-state index is 0.593. The Labute approximate surface area is 148 Å². The van der Waals surface area contributed by atoms with Crippen molar-refractivity contribution in [2.24, 2.45) is 0 Å². The molecule has 0 spiro atoms. The summed E-state index contributed by atoms with van der Waals surface area (Å²) in [5, 5.41) is 0. The van der Waals surface area contributed by atoms with Crippen molar-refractivity contribution in [2.45, 2.75) is 135 Å². The van der Waals surface area contributed by atoms with Crippen molar-refractivity contribution in [3.63, 3.8) is 0 Å². The zero-order chi connectivity index (χ0) is 16.8. The van der Waals surface area contributed by atoms with Gasteiger partial charge in [0.25, 0.3) is 0 Å². The van der Waals surface area contributed by atoms with Crippen LogP contribution in [0.5, 0.6) is 0 Å². The lowest BCUT2D eigenvalue weighted by molar-refractivity contribution is 0.156. The highest BCUT2D eigenvalue weighted by molar-refractivity contribution is 6.73. The molecule has 0 bridgehead atoms. The lowest BCUT2D eigenvalue weighted by Crippen LogP contribution is -2.42. The summed E-state index contributed by atoms with van der Waals surface area (Å²) >= 11 is 0. The highest BCUT2D eigenvalue weighted by atomic mass is 28.4. The number of hydrogen-bond donors (Lipinski definition) is 0. The van der Waals surface area contributed by atoms with Gasteiger partial charge >= 0.3 is 0 Å². The van der Waals surface area contributed by atoms with Crippen LogP contribution in [0.1, 0.15) is 111 Å². The van der Waals surface area contributed by atoms with Gasteiger partial charge in [0.1, 0.15) is 0 Å². The van der Waals surface area contributed by atoms with Gasteiger partial charge in [0.15, 0.2) is 8.32 Å². The first kappa shape index (κ1) is 21.2. The van der Waals surface area contributed by atoms with E-state index in [9.17, 15) is 0 Å². The summed E-state index contributed by atoms with van der Waals surface area (Å²) in [5.74, 6) is 0. The number of unbranched alkanes of at least 4 members (excludes halogenated alkanes) is 7. The summed E-state index contributed by atoms with van der Waals surface area (Å²) < 4.78 is 6.91. The van der Waals surface area contributed by atoms with Gasteiger partial charge in [-0.25, -0.2) is 0 Å². The molecule has 1 saturated heterocycles. The van der Waals surface area contributed by atoms with Gasteiger partial charge in [-0.15, -0.1) is 0 Å². The molecule has 2 heteroatoms. The molecule has 1 nitrogen and oxygen atoms in total. The first-order chi connectivity index (χ1) is 11.3. The molecule has 0 amide bonds. The van der Waals surface area contributed by atoms with Crippen LogP contribution < -0.4 is 0 Å². The summed E-state index contributed by atoms with van der Waals surface area (Å²) in [6.07, 6.45) is 20.2. The molecule has 1 aliphatic heterocycles. The van der Waals surface area contributed by atoms with Crippen LogP contribution in [0, 0.1) is 0 Å². The monoisotopic (exact) mass is 340 g/mol. The van der Waals surface area contributed by atoms with E-state index in [1.807, 2.05) is 0 Å². The summed E-state index contributed by atoms with van der Waals surface area (Å²) in [6, 6.07) is 4.25.